The van der Waals surface area contributed by atoms with Crippen molar-refractivity contribution in [2.75, 3.05) is 30.8 Å². The topological polar surface area (TPSA) is 145 Å². The minimum Gasteiger partial charge on any atom is -0.473 e. The molecular weight excluding hydrogens is 473 g/mol. The number of anilines is 2. The summed E-state index contributed by atoms with van der Waals surface area (Å²) in [6.45, 7) is -0.0255. The number of carbonyl (C=O) groups is 4. The minimum absolute atomic E-state index is 0.00373. The molecule has 0 aliphatic rings. The average Bonchev–Trinajstić information content (AvgIpc) is 2.81. The maximum Gasteiger partial charge on any atom is 0.414 e. The molecule has 0 radical (unpaired) electrons. The van der Waals surface area contributed by atoms with Gasteiger partial charge in [-0.2, -0.15) is 0 Å². The number of aliphatic carboxylic acids is 2. The summed E-state index contributed by atoms with van der Waals surface area (Å²) in [7, 11) is 1.65. The maximum atomic E-state index is 13.2. The smallest absolute Gasteiger partial charge is 0.414 e. The highest BCUT2D eigenvalue weighted by Gasteiger charge is 2.13. The highest BCUT2D eigenvalue weighted by atomic mass is 19.1. The molecule has 0 fully saturated rings. The van der Waals surface area contributed by atoms with E-state index in [0.717, 1.165) is 0 Å². The highest BCUT2D eigenvalue weighted by Crippen LogP contribution is 2.29. The molecule has 36 heavy (non-hydrogen) atoms. The summed E-state index contributed by atoms with van der Waals surface area (Å²) in [5.41, 5.74) is 0.897. The number of nitrogens with one attached hydrogen (secondary N) is 2. The Hall–Kier alpha value is -4.77. The lowest BCUT2D eigenvalue weighted by Gasteiger charge is -2.17. The van der Waals surface area contributed by atoms with E-state index in [2.05, 4.69) is 10.6 Å². The lowest BCUT2D eigenvalue weighted by Crippen LogP contribution is -2.36. The predicted octanol–water partition coefficient (Wildman–Crippen LogP) is 3.28. The van der Waals surface area contributed by atoms with Gasteiger partial charge < -0.3 is 25.6 Å². The first-order valence-corrected chi connectivity index (χ1v) is 10.5. The van der Waals surface area contributed by atoms with Crippen LogP contribution in [0.1, 0.15) is 0 Å². The fraction of sp³-hybridized carbons (Fsp3) is 0.120. The van der Waals surface area contributed by atoms with E-state index in [1.165, 1.54) is 18.2 Å². The number of benzene rings is 3. The summed E-state index contributed by atoms with van der Waals surface area (Å²) in [5.74, 6) is -3.54. The number of hydrogen-bond donors (Lipinski definition) is 4. The van der Waals surface area contributed by atoms with Crippen molar-refractivity contribution in [2.24, 2.45) is 0 Å². The third-order valence-corrected chi connectivity index (χ3v) is 4.25. The number of carbonyl (C=O) groups excluding carboxylic acids is 2. The standard InChI is InChI=1S/C23H22FN3O3.C2H2O4/c1-27(15-22(28)25-18-9-7-8-17(24)14-18)16-23(29)26-20-12-5-6-13-21(20)30-19-10-3-2-4-11-19;3-1(4)2(5)6/h2-14H,15-16H2,1H3,(H,25,28)(H,26,29);(H,3,4)(H,5,6). The first kappa shape index (κ1) is 27.5. The first-order valence-electron chi connectivity index (χ1n) is 10.5. The molecule has 0 atom stereocenters. The third-order valence-electron chi connectivity index (χ3n) is 4.25. The molecule has 3 rings (SSSR count). The molecule has 2 amide bonds. The number of nitrogens with zero attached hydrogens (tertiary/aromatic N) is 1. The van der Waals surface area contributed by atoms with Crippen LogP contribution in [-0.2, 0) is 19.2 Å². The number of rotatable bonds is 8. The van der Waals surface area contributed by atoms with Crippen molar-refractivity contribution in [3.63, 3.8) is 0 Å². The van der Waals surface area contributed by atoms with Crippen molar-refractivity contribution in [1.82, 2.24) is 4.90 Å². The Morgan fingerprint density at radius 2 is 1.39 bits per heavy atom. The molecule has 10 nitrogen and oxygen atoms in total. The summed E-state index contributed by atoms with van der Waals surface area (Å²) in [6.07, 6.45) is 0. The number of amides is 2. The van der Waals surface area contributed by atoms with Crippen LogP contribution >= 0.6 is 0 Å². The Kier molecular flexibility index (Phi) is 10.5. The molecule has 0 aliphatic carbocycles. The van der Waals surface area contributed by atoms with E-state index in [0.29, 0.717) is 22.9 Å². The van der Waals surface area contributed by atoms with Gasteiger partial charge in [0.15, 0.2) is 5.75 Å². The monoisotopic (exact) mass is 497 g/mol. The largest absolute Gasteiger partial charge is 0.473 e. The molecule has 0 bridgehead atoms. The summed E-state index contributed by atoms with van der Waals surface area (Å²) >= 11 is 0. The number of carboxylic acids is 2. The molecule has 0 heterocycles. The molecule has 0 saturated carbocycles. The molecule has 0 aromatic heterocycles. The lowest BCUT2D eigenvalue weighted by atomic mass is 10.2. The van der Waals surface area contributed by atoms with Crippen molar-refractivity contribution >= 4 is 35.1 Å². The maximum absolute atomic E-state index is 13.2. The Morgan fingerprint density at radius 3 is 2.00 bits per heavy atom. The molecule has 188 valence electrons. The van der Waals surface area contributed by atoms with Gasteiger partial charge in [-0.1, -0.05) is 36.4 Å². The number of hydrogen-bond acceptors (Lipinski definition) is 6. The van der Waals surface area contributed by atoms with Crippen LogP contribution < -0.4 is 15.4 Å². The Bertz CT molecular complexity index is 1190. The van der Waals surface area contributed by atoms with Crippen LogP contribution in [0, 0.1) is 5.82 Å². The fourth-order valence-electron chi connectivity index (χ4n) is 2.78. The summed E-state index contributed by atoms with van der Waals surface area (Å²) < 4.78 is 19.0. The second-order valence-corrected chi connectivity index (χ2v) is 7.30. The second kappa shape index (κ2) is 13.8. The number of likely N-dealkylation sites (N-methyl/N-ethyl adjacent to an activating group) is 1. The van der Waals surface area contributed by atoms with E-state index in [1.54, 1.807) is 36.2 Å². The fourth-order valence-corrected chi connectivity index (χ4v) is 2.78. The van der Waals surface area contributed by atoms with Gasteiger partial charge in [0.2, 0.25) is 11.8 Å². The van der Waals surface area contributed by atoms with Crippen LogP contribution in [0.5, 0.6) is 11.5 Å². The zero-order valence-electron chi connectivity index (χ0n) is 19.2. The minimum atomic E-state index is -1.82. The van der Waals surface area contributed by atoms with E-state index in [1.807, 2.05) is 36.4 Å². The lowest BCUT2D eigenvalue weighted by molar-refractivity contribution is -0.159. The Morgan fingerprint density at radius 1 is 0.806 bits per heavy atom. The van der Waals surface area contributed by atoms with Crippen LogP contribution in [0.25, 0.3) is 0 Å². The molecular formula is C25H24FN3O7. The first-order chi connectivity index (χ1) is 17.1. The van der Waals surface area contributed by atoms with Crippen molar-refractivity contribution in [1.29, 1.82) is 0 Å². The van der Waals surface area contributed by atoms with Gasteiger partial charge in [-0.15, -0.1) is 0 Å². The van der Waals surface area contributed by atoms with Crippen LogP contribution in [0.15, 0.2) is 78.9 Å². The van der Waals surface area contributed by atoms with Gasteiger partial charge in [-0.05, 0) is 49.5 Å². The molecule has 11 heteroatoms. The molecule has 0 saturated heterocycles. The van der Waals surface area contributed by atoms with Crippen LogP contribution in [0.4, 0.5) is 15.8 Å². The zero-order chi connectivity index (χ0) is 26.5. The molecule has 3 aromatic rings. The number of carboxylic acid groups (broad SMARTS) is 2. The van der Waals surface area contributed by atoms with Crippen molar-refractivity contribution in [3.8, 4) is 11.5 Å². The van der Waals surface area contributed by atoms with Gasteiger partial charge in [0.1, 0.15) is 11.6 Å². The van der Waals surface area contributed by atoms with E-state index in [9.17, 15) is 14.0 Å². The van der Waals surface area contributed by atoms with Gasteiger partial charge >= 0.3 is 11.9 Å². The highest BCUT2D eigenvalue weighted by molar-refractivity contribution is 6.27. The summed E-state index contributed by atoms with van der Waals surface area (Å²) in [4.78, 5) is 44.3. The van der Waals surface area contributed by atoms with Crippen LogP contribution in [-0.4, -0.2) is 59.0 Å². The summed E-state index contributed by atoms with van der Waals surface area (Å²) in [6, 6.07) is 22.0. The predicted molar refractivity (Wildman–Crippen MR) is 129 cm³/mol. The number of ether oxygens (including phenoxy) is 1. The molecule has 3 aromatic carbocycles. The van der Waals surface area contributed by atoms with Crippen molar-refractivity contribution < 1.29 is 38.5 Å². The van der Waals surface area contributed by atoms with E-state index in [4.69, 9.17) is 24.5 Å². The second-order valence-electron chi connectivity index (χ2n) is 7.30. The van der Waals surface area contributed by atoms with Crippen molar-refractivity contribution in [2.45, 2.75) is 0 Å². The van der Waals surface area contributed by atoms with Crippen molar-refractivity contribution in [3.05, 3.63) is 84.7 Å². The SMILES string of the molecule is CN(CC(=O)Nc1cccc(F)c1)CC(=O)Nc1ccccc1Oc1ccccc1.O=C(O)C(=O)O. The van der Waals surface area contributed by atoms with E-state index < -0.39 is 17.8 Å². The summed E-state index contributed by atoms with van der Waals surface area (Å²) in [5, 5.41) is 20.2. The van der Waals surface area contributed by atoms with E-state index >= 15 is 0 Å². The molecule has 0 unspecified atom stereocenters. The van der Waals surface area contributed by atoms with E-state index in [-0.39, 0.29) is 24.9 Å². The number of halogens is 1. The van der Waals surface area contributed by atoms with Gasteiger partial charge in [-0.25, -0.2) is 14.0 Å². The zero-order valence-corrected chi connectivity index (χ0v) is 19.2. The third kappa shape index (κ3) is 10.0. The molecule has 0 aliphatic heterocycles. The van der Waals surface area contributed by atoms with Gasteiger partial charge in [0, 0.05) is 5.69 Å². The average molecular weight is 497 g/mol. The quantitative estimate of drug-likeness (QED) is 0.347. The Labute approximate surface area is 205 Å². The van der Waals surface area contributed by atoms with Crippen LogP contribution in [0.2, 0.25) is 0 Å². The van der Waals surface area contributed by atoms with Gasteiger partial charge in [0.25, 0.3) is 0 Å². The molecule has 0 spiro atoms. The van der Waals surface area contributed by atoms with Crippen LogP contribution in [0.3, 0.4) is 0 Å². The number of para-hydroxylation sites is 3. The van der Waals surface area contributed by atoms with Gasteiger partial charge in [-0.3, -0.25) is 14.5 Å². The van der Waals surface area contributed by atoms with Gasteiger partial charge in [0.05, 0.1) is 18.8 Å². The Balaban J connectivity index is 0.000000678. The molecule has 4 N–H and O–H groups in total. The normalized spacial score (nSPS) is 9.97.